The van der Waals surface area contributed by atoms with Gasteiger partial charge in [0.25, 0.3) is 0 Å². The van der Waals surface area contributed by atoms with Gasteiger partial charge in [-0.1, -0.05) is 0 Å². The van der Waals surface area contributed by atoms with Gasteiger partial charge in [0, 0.05) is 26.9 Å². The Hall–Kier alpha value is -0.160. The molecule has 0 aromatic carbocycles. The second-order valence-corrected chi connectivity index (χ2v) is 5.08. The molecule has 10 heavy (non-hydrogen) atoms. The highest BCUT2D eigenvalue weighted by molar-refractivity contribution is 7.90. The van der Waals surface area contributed by atoms with Crippen LogP contribution in [-0.2, 0) is 10.0 Å². The van der Waals surface area contributed by atoms with Gasteiger partial charge in [-0.25, -0.2) is 17.1 Å². The van der Waals surface area contributed by atoms with Crippen molar-refractivity contribution < 1.29 is 12.8 Å². The largest absolute Gasteiger partial charge is 0.248 e. The molecule has 0 radical (unpaired) electrons. The number of hydrogen-bond acceptors (Lipinski definition) is 2. The van der Waals surface area contributed by atoms with Crippen LogP contribution in [0.4, 0.5) is 4.39 Å². The van der Waals surface area contributed by atoms with Gasteiger partial charge in [0.2, 0.25) is 15.0 Å². The van der Waals surface area contributed by atoms with Crippen molar-refractivity contribution in [3.63, 3.8) is 0 Å². The molecule has 0 saturated heterocycles. The van der Waals surface area contributed by atoms with Crippen LogP contribution in [-0.4, -0.2) is 31.8 Å². The number of sulfonamides is 1. The Balaban J connectivity index is 2.90. The van der Waals surface area contributed by atoms with Gasteiger partial charge in [0.15, 0.2) is 0 Å². The van der Waals surface area contributed by atoms with E-state index in [1.165, 1.54) is 14.1 Å². The summed E-state index contributed by atoms with van der Waals surface area (Å²) in [6.45, 7) is 0. The Morgan fingerprint density at radius 2 is 1.80 bits per heavy atom. The Bertz CT molecular complexity index is 230. The molecule has 0 amide bonds. The fraction of sp³-hybridized carbons (Fsp3) is 1.00. The van der Waals surface area contributed by atoms with Gasteiger partial charge >= 0.3 is 0 Å². The predicted molar refractivity (Wildman–Crippen MR) is 35.7 cm³/mol. The predicted octanol–water partition coefficient (Wildman–Crippen LogP) is 0.337. The number of hydrogen-bond donors (Lipinski definition) is 0. The van der Waals surface area contributed by atoms with Gasteiger partial charge in [-0.05, 0) is 0 Å². The Morgan fingerprint density at radius 3 is 1.90 bits per heavy atom. The first-order chi connectivity index (χ1) is 4.40. The summed E-state index contributed by atoms with van der Waals surface area (Å²) in [4.78, 5) is 0. The topological polar surface area (TPSA) is 37.4 Å². The summed E-state index contributed by atoms with van der Waals surface area (Å²) in [5, 5.41) is -1.93. The molecule has 0 bridgehead atoms. The summed E-state index contributed by atoms with van der Waals surface area (Å²) in [5.41, 5.74) is 0. The Morgan fingerprint density at radius 1 is 1.40 bits per heavy atom. The lowest BCUT2D eigenvalue weighted by molar-refractivity contribution is 0.377. The molecule has 0 N–H and O–H groups in total. The van der Waals surface area contributed by atoms with E-state index < -0.39 is 15.0 Å². The molecule has 1 saturated carbocycles. The van der Waals surface area contributed by atoms with Crippen molar-refractivity contribution in [1.29, 1.82) is 0 Å². The van der Waals surface area contributed by atoms with E-state index in [0.717, 1.165) is 4.31 Å². The van der Waals surface area contributed by atoms with E-state index in [1.807, 2.05) is 0 Å². The van der Waals surface area contributed by atoms with Gasteiger partial charge < -0.3 is 0 Å². The van der Waals surface area contributed by atoms with Crippen LogP contribution in [0.1, 0.15) is 12.8 Å². The van der Waals surface area contributed by atoms with Crippen LogP contribution in [0.2, 0.25) is 0 Å². The second kappa shape index (κ2) is 1.92. The number of rotatable bonds is 2. The molecule has 1 aliphatic rings. The third-order valence-corrected chi connectivity index (χ3v) is 3.88. The standard InChI is InChI=1S/C5H10FNO2S/c1-7(2)10(8,9)5(6)3-4-5/h3-4H2,1-2H3. The lowest BCUT2D eigenvalue weighted by atomic mass is 10.9. The third-order valence-electron chi connectivity index (χ3n) is 1.59. The summed E-state index contributed by atoms with van der Waals surface area (Å²) in [5.74, 6) is 0. The molecule has 0 spiro atoms. The first kappa shape index (κ1) is 7.94. The van der Waals surface area contributed by atoms with Crippen LogP contribution in [0.25, 0.3) is 0 Å². The van der Waals surface area contributed by atoms with Crippen LogP contribution in [0.3, 0.4) is 0 Å². The van der Waals surface area contributed by atoms with Crippen LogP contribution >= 0.6 is 0 Å². The minimum absolute atomic E-state index is 0.146. The summed E-state index contributed by atoms with van der Waals surface area (Å²) >= 11 is 0. The van der Waals surface area contributed by atoms with Gasteiger partial charge in [-0.15, -0.1) is 0 Å². The number of nitrogens with zero attached hydrogens (tertiary/aromatic N) is 1. The zero-order valence-corrected chi connectivity index (χ0v) is 6.78. The summed E-state index contributed by atoms with van der Waals surface area (Å²) in [7, 11) is -0.952. The lowest BCUT2D eigenvalue weighted by Gasteiger charge is -2.13. The number of alkyl halides is 1. The second-order valence-electron chi connectivity index (χ2n) is 2.67. The molecule has 5 heteroatoms. The molecular formula is C5H10FNO2S. The lowest BCUT2D eigenvalue weighted by Crippen LogP contribution is -2.31. The molecule has 0 aliphatic heterocycles. The van der Waals surface area contributed by atoms with Crippen molar-refractivity contribution in [2.45, 2.75) is 17.8 Å². The zero-order valence-electron chi connectivity index (χ0n) is 5.96. The average Bonchev–Trinajstić information content (AvgIpc) is 2.48. The van der Waals surface area contributed by atoms with Crippen LogP contribution in [0, 0.1) is 0 Å². The van der Waals surface area contributed by atoms with E-state index in [4.69, 9.17) is 0 Å². The Kier molecular flexibility index (Phi) is 1.52. The summed E-state index contributed by atoms with van der Waals surface area (Å²) < 4.78 is 35.8. The summed E-state index contributed by atoms with van der Waals surface area (Å²) in [6, 6.07) is 0. The molecule has 1 fully saturated rings. The molecule has 0 aromatic rings. The van der Waals surface area contributed by atoms with Crippen molar-refractivity contribution in [2.24, 2.45) is 0 Å². The third kappa shape index (κ3) is 0.932. The fourth-order valence-corrected chi connectivity index (χ4v) is 1.96. The molecule has 0 aromatic heterocycles. The molecule has 0 unspecified atom stereocenters. The molecule has 3 nitrogen and oxygen atoms in total. The molecule has 60 valence electrons. The average molecular weight is 167 g/mol. The van der Waals surface area contributed by atoms with Crippen molar-refractivity contribution in [3.8, 4) is 0 Å². The van der Waals surface area contributed by atoms with Crippen LogP contribution < -0.4 is 0 Å². The quantitative estimate of drug-likeness (QED) is 0.594. The zero-order chi connectivity index (χ0) is 7.99. The van der Waals surface area contributed by atoms with Gasteiger partial charge in [0.05, 0.1) is 0 Å². The van der Waals surface area contributed by atoms with E-state index >= 15 is 0 Å². The highest BCUT2D eigenvalue weighted by Gasteiger charge is 2.56. The normalized spacial score (nSPS) is 23.2. The maximum Gasteiger partial charge on any atom is 0.248 e. The molecule has 0 heterocycles. The monoisotopic (exact) mass is 167 g/mol. The van der Waals surface area contributed by atoms with E-state index in [-0.39, 0.29) is 12.8 Å². The molecule has 0 atom stereocenters. The first-order valence-corrected chi connectivity index (χ1v) is 4.45. The van der Waals surface area contributed by atoms with Crippen LogP contribution in [0.5, 0.6) is 0 Å². The molecular weight excluding hydrogens is 157 g/mol. The minimum atomic E-state index is -3.64. The number of halogens is 1. The Labute approximate surface area is 59.9 Å². The van der Waals surface area contributed by atoms with Gasteiger partial charge in [-0.2, -0.15) is 0 Å². The van der Waals surface area contributed by atoms with Gasteiger partial charge in [0.1, 0.15) is 0 Å². The summed E-state index contributed by atoms with van der Waals surface area (Å²) in [6.07, 6.45) is 0.293. The van der Waals surface area contributed by atoms with E-state index in [1.54, 1.807) is 0 Å². The SMILES string of the molecule is CN(C)S(=O)(=O)C1(F)CC1. The smallest absolute Gasteiger partial charge is 0.225 e. The molecule has 1 aliphatic carbocycles. The fourth-order valence-electron chi connectivity index (χ4n) is 0.683. The maximum atomic E-state index is 12.9. The van der Waals surface area contributed by atoms with Gasteiger partial charge in [-0.3, -0.25) is 0 Å². The van der Waals surface area contributed by atoms with E-state index in [2.05, 4.69) is 0 Å². The van der Waals surface area contributed by atoms with E-state index in [0.29, 0.717) is 0 Å². The van der Waals surface area contributed by atoms with Crippen molar-refractivity contribution in [1.82, 2.24) is 4.31 Å². The molecule has 1 rings (SSSR count). The van der Waals surface area contributed by atoms with E-state index in [9.17, 15) is 12.8 Å². The van der Waals surface area contributed by atoms with Crippen molar-refractivity contribution in [3.05, 3.63) is 0 Å². The van der Waals surface area contributed by atoms with Crippen molar-refractivity contribution >= 4 is 10.0 Å². The highest BCUT2D eigenvalue weighted by atomic mass is 32.2. The van der Waals surface area contributed by atoms with Crippen molar-refractivity contribution in [2.75, 3.05) is 14.1 Å². The van der Waals surface area contributed by atoms with Crippen LogP contribution in [0.15, 0.2) is 0 Å². The maximum absolute atomic E-state index is 12.9. The highest BCUT2D eigenvalue weighted by Crippen LogP contribution is 2.45. The minimum Gasteiger partial charge on any atom is -0.225 e. The first-order valence-electron chi connectivity index (χ1n) is 3.01.